The van der Waals surface area contributed by atoms with Crippen LogP contribution in [0.1, 0.15) is 5.69 Å². The highest BCUT2D eigenvalue weighted by atomic mass is 16.6. The second-order valence-corrected chi connectivity index (χ2v) is 2.11. The Balaban J connectivity index is 3.25. The summed E-state index contributed by atoms with van der Waals surface area (Å²) in [6.45, 7) is 3.44. The summed E-state index contributed by atoms with van der Waals surface area (Å²) in [5.41, 5.74) is 5.81. The molecule has 0 atom stereocenters. The fraction of sp³-hybridized carbons (Fsp3) is 0. The molecule has 62 valence electrons. The highest BCUT2D eigenvalue weighted by molar-refractivity contribution is 5.57. The number of nitrogen functional groups attached to an aromatic ring is 1. The van der Waals surface area contributed by atoms with Gasteiger partial charge in [-0.05, 0) is 28.1 Å². The predicted molar refractivity (Wildman–Crippen MR) is 45.4 cm³/mol. The molecule has 0 bridgehead atoms. The lowest BCUT2D eigenvalue weighted by molar-refractivity contribution is -0.388. The minimum absolute atomic E-state index is 0.0607. The largest absolute Gasteiger partial charge is 0.392 e. The number of nitro groups is 1. The topological polar surface area (TPSA) is 82.0 Å². The molecule has 5 nitrogen and oxygen atoms in total. The van der Waals surface area contributed by atoms with Crippen molar-refractivity contribution in [2.45, 2.75) is 0 Å². The Bertz CT molecular complexity index is 335. The minimum atomic E-state index is -0.623. The van der Waals surface area contributed by atoms with E-state index in [1.165, 1.54) is 12.1 Å². The number of hydrogen-bond acceptors (Lipinski definition) is 4. The van der Waals surface area contributed by atoms with Crippen LogP contribution in [0.15, 0.2) is 18.7 Å². The summed E-state index contributed by atoms with van der Waals surface area (Å²) in [4.78, 5) is 13.3. The van der Waals surface area contributed by atoms with Crippen molar-refractivity contribution < 1.29 is 4.92 Å². The smallest absolute Gasteiger partial charge is 0.387 e. The highest BCUT2D eigenvalue weighted by Gasteiger charge is 2.12. The molecule has 0 saturated heterocycles. The van der Waals surface area contributed by atoms with E-state index in [1.807, 2.05) is 0 Å². The number of rotatable bonds is 2. The normalized spacial score (nSPS) is 9.33. The first-order chi connectivity index (χ1) is 5.65. The van der Waals surface area contributed by atoms with Crippen LogP contribution in [0.5, 0.6) is 0 Å². The van der Waals surface area contributed by atoms with E-state index < -0.39 is 4.92 Å². The molecule has 0 aliphatic heterocycles. The number of pyridine rings is 1. The van der Waals surface area contributed by atoms with Crippen LogP contribution in [0.2, 0.25) is 0 Å². The maximum Gasteiger partial charge on any atom is 0.387 e. The van der Waals surface area contributed by atoms with E-state index in [0.717, 1.165) is 0 Å². The lowest BCUT2D eigenvalue weighted by Crippen LogP contribution is -1.99. The highest BCUT2D eigenvalue weighted by Crippen LogP contribution is 2.17. The summed E-state index contributed by atoms with van der Waals surface area (Å²) in [7, 11) is 0. The molecule has 0 radical (unpaired) electrons. The van der Waals surface area contributed by atoms with Crippen molar-refractivity contribution in [3.05, 3.63) is 34.5 Å². The maximum absolute atomic E-state index is 10.3. The van der Waals surface area contributed by atoms with Gasteiger partial charge in [-0.1, -0.05) is 6.58 Å². The number of aromatic nitrogens is 1. The first-order valence-corrected chi connectivity index (χ1v) is 3.18. The Morgan fingerprint density at radius 1 is 1.67 bits per heavy atom. The van der Waals surface area contributed by atoms with Gasteiger partial charge in [0.1, 0.15) is 5.69 Å². The van der Waals surface area contributed by atoms with Crippen molar-refractivity contribution in [3.63, 3.8) is 0 Å². The van der Waals surface area contributed by atoms with Crippen LogP contribution in [0.3, 0.4) is 0 Å². The third-order valence-corrected chi connectivity index (χ3v) is 1.31. The quantitative estimate of drug-likeness (QED) is 0.527. The van der Waals surface area contributed by atoms with Gasteiger partial charge in [0.25, 0.3) is 0 Å². The van der Waals surface area contributed by atoms with Gasteiger partial charge in [-0.25, -0.2) is 0 Å². The zero-order valence-electron chi connectivity index (χ0n) is 6.23. The third kappa shape index (κ3) is 1.39. The summed E-state index contributed by atoms with van der Waals surface area (Å²) in [6.07, 6.45) is 1.42. The van der Waals surface area contributed by atoms with Crippen molar-refractivity contribution in [1.29, 1.82) is 0 Å². The standard InChI is InChI=1S/C7H7N3O2/c1-2-5-3-4-6(8)7(9-5)10(11)12/h2-4H,1,8H2. The van der Waals surface area contributed by atoms with Gasteiger partial charge in [0.2, 0.25) is 0 Å². The Morgan fingerprint density at radius 3 is 2.83 bits per heavy atom. The molecule has 0 aliphatic rings. The van der Waals surface area contributed by atoms with Crippen LogP contribution < -0.4 is 5.73 Å². The van der Waals surface area contributed by atoms with Crippen molar-refractivity contribution in [1.82, 2.24) is 4.98 Å². The molecule has 0 amide bonds. The Hall–Kier alpha value is -1.91. The molecule has 0 fully saturated rings. The van der Waals surface area contributed by atoms with Crippen LogP contribution in [-0.2, 0) is 0 Å². The molecule has 0 spiro atoms. The monoisotopic (exact) mass is 165 g/mol. The maximum atomic E-state index is 10.3. The van der Waals surface area contributed by atoms with Crippen molar-refractivity contribution >= 4 is 17.6 Å². The van der Waals surface area contributed by atoms with Gasteiger partial charge >= 0.3 is 5.82 Å². The SMILES string of the molecule is C=Cc1ccc(N)c([N+](=O)[O-])n1. The Morgan fingerprint density at radius 2 is 2.33 bits per heavy atom. The molecular formula is C7H7N3O2. The van der Waals surface area contributed by atoms with Crippen LogP contribution in [0.25, 0.3) is 6.08 Å². The summed E-state index contributed by atoms with van der Waals surface area (Å²) in [5.74, 6) is -0.326. The molecule has 1 aromatic rings. The molecule has 0 aromatic carbocycles. The van der Waals surface area contributed by atoms with Crippen LogP contribution in [0.4, 0.5) is 11.5 Å². The van der Waals surface area contributed by atoms with Gasteiger partial charge in [0.15, 0.2) is 5.69 Å². The lowest BCUT2D eigenvalue weighted by Gasteiger charge is -1.95. The zero-order valence-corrected chi connectivity index (χ0v) is 6.23. The van der Waals surface area contributed by atoms with E-state index in [-0.39, 0.29) is 11.5 Å². The first-order valence-electron chi connectivity index (χ1n) is 3.18. The Kier molecular flexibility index (Phi) is 2.05. The van der Waals surface area contributed by atoms with Gasteiger partial charge in [-0.15, -0.1) is 0 Å². The third-order valence-electron chi connectivity index (χ3n) is 1.31. The van der Waals surface area contributed by atoms with E-state index in [0.29, 0.717) is 5.69 Å². The fourth-order valence-corrected chi connectivity index (χ4v) is 0.734. The van der Waals surface area contributed by atoms with Crippen LogP contribution in [0, 0.1) is 10.1 Å². The average Bonchev–Trinajstić information content (AvgIpc) is 2.05. The fourth-order valence-electron chi connectivity index (χ4n) is 0.734. The van der Waals surface area contributed by atoms with Gasteiger partial charge in [0.05, 0.1) is 0 Å². The molecule has 0 aliphatic carbocycles. The molecule has 2 N–H and O–H groups in total. The zero-order chi connectivity index (χ0) is 9.14. The number of hydrogen-bond donors (Lipinski definition) is 1. The van der Waals surface area contributed by atoms with Crippen molar-refractivity contribution in [2.75, 3.05) is 5.73 Å². The van der Waals surface area contributed by atoms with Gasteiger partial charge in [-0.3, -0.25) is 0 Å². The number of anilines is 1. The van der Waals surface area contributed by atoms with E-state index in [1.54, 1.807) is 6.07 Å². The summed E-state index contributed by atoms with van der Waals surface area (Å²) in [6, 6.07) is 3.00. The molecule has 1 aromatic heterocycles. The molecule has 5 heteroatoms. The molecule has 12 heavy (non-hydrogen) atoms. The first kappa shape index (κ1) is 8.19. The molecule has 0 unspecified atom stereocenters. The molecule has 0 saturated carbocycles. The number of nitrogens with zero attached hydrogens (tertiary/aromatic N) is 2. The van der Waals surface area contributed by atoms with Crippen molar-refractivity contribution in [3.8, 4) is 0 Å². The summed E-state index contributed by atoms with van der Waals surface area (Å²) >= 11 is 0. The summed E-state index contributed by atoms with van der Waals surface area (Å²) in [5, 5.41) is 10.3. The second kappa shape index (κ2) is 3.00. The second-order valence-electron chi connectivity index (χ2n) is 2.11. The van der Waals surface area contributed by atoms with Gasteiger partial charge in [0, 0.05) is 0 Å². The minimum Gasteiger partial charge on any atom is -0.392 e. The Labute approximate surface area is 68.7 Å². The molecule has 1 rings (SSSR count). The van der Waals surface area contributed by atoms with Gasteiger partial charge in [-0.2, -0.15) is 0 Å². The average molecular weight is 165 g/mol. The van der Waals surface area contributed by atoms with Crippen LogP contribution in [-0.4, -0.2) is 9.91 Å². The summed E-state index contributed by atoms with van der Waals surface area (Å²) < 4.78 is 0. The van der Waals surface area contributed by atoms with Crippen LogP contribution >= 0.6 is 0 Å². The lowest BCUT2D eigenvalue weighted by atomic mass is 10.3. The van der Waals surface area contributed by atoms with Crippen molar-refractivity contribution in [2.24, 2.45) is 0 Å². The van der Waals surface area contributed by atoms with Gasteiger partial charge < -0.3 is 15.8 Å². The number of nitrogens with two attached hydrogens (primary N) is 1. The van der Waals surface area contributed by atoms with E-state index in [9.17, 15) is 10.1 Å². The van der Waals surface area contributed by atoms with E-state index in [4.69, 9.17) is 5.73 Å². The van der Waals surface area contributed by atoms with E-state index >= 15 is 0 Å². The predicted octanol–water partition coefficient (Wildman–Crippen LogP) is 1.22. The molecular weight excluding hydrogens is 158 g/mol. The van der Waals surface area contributed by atoms with E-state index in [2.05, 4.69) is 11.6 Å². The molecule has 1 heterocycles.